The van der Waals surface area contributed by atoms with Gasteiger partial charge >= 0.3 is 5.97 Å². The Balaban J connectivity index is 5.29. The maximum atomic E-state index is 13.5. The zero-order valence-electron chi connectivity index (χ0n) is 46.0. The molecule has 3 unspecified atom stereocenters. The fourth-order valence-corrected chi connectivity index (χ4v) is 8.92. The van der Waals surface area contributed by atoms with E-state index in [2.05, 4.69) is 62.5 Å². The minimum absolute atomic E-state index is 0.0253. The Morgan fingerprint density at radius 2 is 0.884 bits per heavy atom. The fraction of sp³-hybridized carbons (Fsp3) is 0.831. The number of phosphoric ester groups is 1. The summed E-state index contributed by atoms with van der Waals surface area (Å²) in [6, 6.07) is -0.894. The number of esters is 1. The van der Waals surface area contributed by atoms with Crippen LogP contribution in [0.15, 0.2) is 48.6 Å². The van der Waals surface area contributed by atoms with Crippen LogP contribution in [0.1, 0.15) is 265 Å². The maximum absolute atomic E-state index is 13.5. The van der Waals surface area contributed by atoms with Crippen LogP contribution in [0.5, 0.6) is 0 Å². The van der Waals surface area contributed by atoms with Crippen molar-refractivity contribution in [1.82, 2.24) is 5.32 Å². The van der Waals surface area contributed by atoms with Crippen LogP contribution in [0.25, 0.3) is 0 Å². The topological polar surface area (TPSA) is 114 Å². The second-order valence-corrected chi connectivity index (χ2v) is 22.2. The molecule has 0 aliphatic heterocycles. The van der Waals surface area contributed by atoms with Crippen molar-refractivity contribution in [2.75, 3.05) is 40.9 Å². The minimum Gasteiger partial charge on any atom is -0.756 e. The third kappa shape index (κ3) is 50.7. The number of nitrogens with zero attached hydrogens (tertiary/aromatic N) is 1. The first kappa shape index (κ1) is 67.0. The molecule has 0 spiro atoms. The van der Waals surface area contributed by atoms with Gasteiger partial charge in [0.25, 0.3) is 7.82 Å². The summed E-state index contributed by atoms with van der Waals surface area (Å²) in [6.45, 7) is 6.79. The Kier molecular flexibility index (Phi) is 48.1. The highest BCUT2D eigenvalue weighted by molar-refractivity contribution is 7.45. The summed E-state index contributed by atoms with van der Waals surface area (Å²) in [7, 11) is 1.18. The van der Waals surface area contributed by atoms with Crippen LogP contribution in [0.4, 0.5) is 0 Å². The molecule has 0 saturated carbocycles. The zero-order chi connectivity index (χ0) is 50.8. The third-order valence-corrected chi connectivity index (χ3v) is 13.7. The first-order valence-corrected chi connectivity index (χ1v) is 30.4. The van der Waals surface area contributed by atoms with Crippen molar-refractivity contribution >= 4 is 19.7 Å². The Bertz CT molecular complexity index is 1330. The molecule has 1 N–H and O–H groups in total. The lowest BCUT2D eigenvalue weighted by atomic mass is 10.0. The third-order valence-electron chi connectivity index (χ3n) is 12.7. The lowest BCUT2D eigenvalue weighted by Gasteiger charge is -2.30. The molecule has 0 aliphatic rings. The van der Waals surface area contributed by atoms with Crippen molar-refractivity contribution in [3.63, 3.8) is 0 Å². The summed E-state index contributed by atoms with van der Waals surface area (Å²) < 4.78 is 30.2. The molecule has 0 radical (unpaired) electrons. The molecular weight excluding hydrogens is 880 g/mol. The normalized spacial score (nSPS) is 14.1. The predicted octanol–water partition coefficient (Wildman–Crippen LogP) is 16.7. The Morgan fingerprint density at radius 1 is 0.507 bits per heavy atom. The molecule has 0 bridgehead atoms. The number of carbonyl (C=O) groups excluding carboxylic acids is 2. The SMILES string of the molecule is CCCCC/C=C\C/C=C\CCCCCCCCCCCC(=O)NC(COP(=O)([O-])OCC[N+](C)(C)C)C(/C=C\CCCCCCCCCCC)OC(=O)CCCCC/C=C\CCCCCCCC. The van der Waals surface area contributed by atoms with Gasteiger partial charge in [0.05, 0.1) is 33.8 Å². The van der Waals surface area contributed by atoms with Crippen molar-refractivity contribution in [3.8, 4) is 0 Å². The molecule has 0 heterocycles. The van der Waals surface area contributed by atoms with Gasteiger partial charge in [0.2, 0.25) is 5.91 Å². The van der Waals surface area contributed by atoms with E-state index in [1.54, 1.807) is 0 Å². The van der Waals surface area contributed by atoms with Crippen LogP contribution in [-0.4, -0.2) is 69.4 Å². The number of carbonyl (C=O) groups is 2. The molecule has 0 aromatic rings. The number of hydrogen-bond acceptors (Lipinski definition) is 7. The van der Waals surface area contributed by atoms with Crippen molar-refractivity contribution in [2.45, 2.75) is 277 Å². The molecule has 10 heteroatoms. The number of amides is 1. The first-order valence-electron chi connectivity index (χ1n) is 28.9. The van der Waals surface area contributed by atoms with E-state index in [1.807, 2.05) is 33.3 Å². The van der Waals surface area contributed by atoms with Gasteiger partial charge in [-0.15, -0.1) is 0 Å². The maximum Gasteiger partial charge on any atom is 0.306 e. The molecule has 0 saturated heterocycles. The van der Waals surface area contributed by atoms with Crippen molar-refractivity contribution in [1.29, 1.82) is 0 Å². The molecule has 0 aliphatic carbocycles. The number of quaternary nitrogens is 1. The molecule has 0 aromatic carbocycles. The number of unbranched alkanes of at least 4 members (excludes halogenated alkanes) is 30. The molecule has 0 aromatic heterocycles. The molecule has 69 heavy (non-hydrogen) atoms. The summed E-state index contributed by atoms with van der Waals surface area (Å²) in [5.41, 5.74) is 0. The molecule has 404 valence electrons. The average molecular weight is 992 g/mol. The molecule has 1 amide bonds. The van der Waals surface area contributed by atoms with Gasteiger partial charge in [-0.3, -0.25) is 14.2 Å². The first-order chi connectivity index (χ1) is 33.4. The Labute approximate surface area is 427 Å². The van der Waals surface area contributed by atoms with Gasteiger partial charge in [-0.1, -0.05) is 211 Å². The van der Waals surface area contributed by atoms with Crippen LogP contribution >= 0.6 is 7.82 Å². The van der Waals surface area contributed by atoms with Crippen LogP contribution in [0.2, 0.25) is 0 Å². The molecule has 3 atom stereocenters. The summed E-state index contributed by atoms with van der Waals surface area (Å²) in [5, 5.41) is 3.01. The number of nitrogens with one attached hydrogen (secondary N) is 1. The molecule has 0 fully saturated rings. The number of rotatable bonds is 52. The fourth-order valence-electron chi connectivity index (χ4n) is 8.19. The average Bonchev–Trinajstić information content (AvgIpc) is 3.31. The highest BCUT2D eigenvalue weighted by Crippen LogP contribution is 2.38. The van der Waals surface area contributed by atoms with Crippen LogP contribution < -0.4 is 10.2 Å². The van der Waals surface area contributed by atoms with Crippen molar-refractivity contribution < 1.29 is 37.3 Å². The predicted molar refractivity (Wildman–Crippen MR) is 293 cm³/mol. The Hall–Kier alpha value is -2.03. The lowest BCUT2D eigenvalue weighted by Crippen LogP contribution is -2.47. The van der Waals surface area contributed by atoms with Gasteiger partial charge in [0.15, 0.2) is 0 Å². The van der Waals surface area contributed by atoms with E-state index in [0.717, 1.165) is 83.5 Å². The van der Waals surface area contributed by atoms with E-state index in [4.69, 9.17) is 13.8 Å². The summed E-state index contributed by atoms with van der Waals surface area (Å²) in [6.07, 6.45) is 59.3. The van der Waals surface area contributed by atoms with E-state index < -0.39 is 26.6 Å². The molecular formula is C59H111N2O7P. The molecule has 9 nitrogen and oxygen atoms in total. The number of phosphoric acid groups is 1. The second kappa shape index (κ2) is 49.5. The van der Waals surface area contributed by atoms with E-state index in [1.165, 1.54) is 141 Å². The van der Waals surface area contributed by atoms with E-state index in [-0.39, 0.29) is 24.9 Å². The van der Waals surface area contributed by atoms with E-state index in [0.29, 0.717) is 23.9 Å². The lowest BCUT2D eigenvalue weighted by molar-refractivity contribution is -0.870. The standard InChI is InChI=1S/C59H111N2O7P/c1-7-10-13-16-19-22-25-27-28-29-30-31-32-34-36-39-42-45-48-51-58(62)60-56(55-67-69(64,65)66-54-53-61(4,5)6)57(50-47-44-41-38-35-24-21-18-15-12-9-3)68-59(63)52-49-46-43-40-37-33-26-23-20-17-14-11-8-2/h19,22,27-28,33,37,47,50,56-57H,7-18,20-21,23-26,29-32,34-36,38-46,48-49,51-55H2,1-6H3,(H-,60,62,64,65)/b22-19-,28-27-,37-33-,50-47-. The number of likely N-dealkylation sites (N-methyl/N-ethyl adjacent to an activating group) is 1. The quantitative estimate of drug-likeness (QED) is 0.0212. The van der Waals surface area contributed by atoms with Gasteiger partial charge < -0.3 is 28.5 Å². The van der Waals surface area contributed by atoms with Crippen molar-refractivity contribution in [2.24, 2.45) is 0 Å². The highest BCUT2D eigenvalue weighted by Gasteiger charge is 2.27. The van der Waals surface area contributed by atoms with Gasteiger partial charge in [-0.05, 0) is 89.5 Å². The Morgan fingerprint density at radius 3 is 1.36 bits per heavy atom. The van der Waals surface area contributed by atoms with Gasteiger partial charge in [-0.25, -0.2) is 0 Å². The van der Waals surface area contributed by atoms with E-state index in [9.17, 15) is 19.0 Å². The van der Waals surface area contributed by atoms with Crippen LogP contribution in [0, 0.1) is 0 Å². The zero-order valence-corrected chi connectivity index (χ0v) is 46.9. The largest absolute Gasteiger partial charge is 0.756 e. The smallest absolute Gasteiger partial charge is 0.306 e. The van der Waals surface area contributed by atoms with Gasteiger partial charge in [0, 0.05) is 12.8 Å². The summed E-state index contributed by atoms with van der Waals surface area (Å²) in [4.78, 5) is 39.8. The van der Waals surface area contributed by atoms with Gasteiger partial charge in [-0.2, -0.15) is 0 Å². The molecule has 0 rings (SSSR count). The van der Waals surface area contributed by atoms with Crippen LogP contribution in [-0.2, 0) is 27.9 Å². The highest BCUT2D eigenvalue weighted by atomic mass is 31.2. The number of hydrogen-bond donors (Lipinski definition) is 1. The summed E-state index contributed by atoms with van der Waals surface area (Å²) >= 11 is 0. The monoisotopic (exact) mass is 991 g/mol. The minimum atomic E-state index is -4.69. The second-order valence-electron chi connectivity index (χ2n) is 20.8. The van der Waals surface area contributed by atoms with E-state index >= 15 is 0 Å². The van der Waals surface area contributed by atoms with Crippen LogP contribution in [0.3, 0.4) is 0 Å². The number of ether oxygens (including phenoxy) is 1. The summed E-state index contributed by atoms with van der Waals surface area (Å²) in [5.74, 6) is -0.561. The van der Waals surface area contributed by atoms with Crippen molar-refractivity contribution in [3.05, 3.63) is 48.6 Å². The van der Waals surface area contributed by atoms with Gasteiger partial charge in [0.1, 0.15) is 19.3 Å². The number of allylic oxidation sites excluding steroid dienone is 7.